The standard InChI is InChI=1S/C10H18O9S/c1-18-6(12)2-3-20(16,17)10-9(15)8(14)7(13)5(4-11)19-10/h5,7-11,13-15H,2-4H2,1H3/t5-,7-,8+,9-,10+/m1/s1. The number of ether oxygens (including phenoxy) is 2. The molecule has 10 heteroatoms. The number of carbonyl (C=O) groups is 1. The number of methoxy groups -OCH3 is 1. The van der Waals surface area contributed by atoms with Gasteiger partial charge in [0.05, 0.1) is 25.9 Å². The maximum Gasteiger partial charge on any atom is 0.306 e. The predicted octanol–water partition coefficient (Wildman–Crippen LogP) is -3.24. The van der Waals surface area contributed by atoms with Crippen LogP contribution in [0, 0.1) is 0 Å². The van der Waals surface area contributed by atoms with Gasteiger partial charge in [-0.25, -0.2) is 8.42 Å². The van der Waals surface area contributed by atoms with Crippen LogP contribution in [0.3, 0.4) is 0 Å². The van der Waals surface area contributed by atoms with Crippen molar-refractivity contribution >= 4 is 15.8 Å². The minimum atomic E-state index is -4.09. The molecule has 0 spiro atoms. The zero-order valence-corrected chi connectivity index (χ0v) is 11.6. The summed E-state index contributed by atoms with van der Waals surface area (Å²) in [6.07, 6.45) is -7.05. The summed E-state index contributed by atoms with van der Waals surface area (Å²) in [5, 5.41) is 37.7. The molecule has 1 rings (SSSR count). The molecule has 1 heterocycles. The molecule has 1 saturated heterocycles. The summed E-state index contributed by atoms with van der Waals surface area (Å²) in [4.78, 5) is 10.9. The quantitative estimate of drug-likeness (QED) is 0.384. The first-order valence-corrected chi connectivity index (χ1v) is 7.55. The van der Waals surface area contributed by atoms with E-state index in [9.17, 15) is 28.5 Å². The van der Waals surface area contributed by atoms with Gasteiger partial charge in [-0.2, -0.15) is 0 Å². The number of hydrogen-bond acceptors (Lipinski definition) is 9. The molecule has 1 aliphatic heterocycles. The average Bonchev–Trinajstić information content (AvgIpc) is 2.42. The van der Waals surface area contributed by atoms with Crippen molar-refractivity contribution in [2.75, 3.05) is 19.5 Å². The highest BCUT2D eigenvalue weighted by atomic mass is 32.2. The predicted molar refractivity (Wildman–Crippen MR) is 64.2 cm³/mol. The lowest BCUT2D eigenvalue weighted by Crippen LogP contribution is -2.60. The molecule has 0 aromatic rings. The molecule has 0 bridgehead atoms. The van der Waals surface area contributed by atoms with E-state index in [1.807, 2.05) is 0 Å². The van der Waals surface area contributed by atoms with Crippen molar-refractivity contribution in [3.05, 3.63) is 0 Å². The van der Waals surface area contributed by atoms with Crippen molar-refractivity contribution < 1.29 is 43.1 Å². The SMILES string of the molecule is COC(=O)CCS(=O)(=O)[C@@H]1O[C@H](CO)[C@@H](O)[C@H](O)[C@H]1O. The number of rotatable bonds is 5. The van der Waals surface area contributed by atoms with Gasteiger partial charge in [-0.3, -0.25) is 4.79 Å². The van der Waals surface area contributed by atoms with Crippen molar-refractivity contribution in [2.24, 2.45) is 0 Å². The molecule has 0 amide bonds. The first kappa shape index (κ1) is 17.3. The lowest BCUT2D eigenvalue weighted by Gasteiger charge is -2.39. The summed E-state index contributed by atoms with van der Waals surface area (Å²) in [7, 11) is -2.99. The minimum Gasteiger partial charge on any atom is -0.469 e. The van der Waals surface area contributed by atoms with E-state index in [0.29, 0.717) is 0 Å². The summed E-state index contributed by atoms with van der Waals surface area (Å²) in [5.74, 6) is -1.40. The number of sulfone groups is 1. The molecule has 5 atom stereocenters. The highest BCUT2D eigenvalue weighted by molar-refractivity contribution is 7.91. The van der Waals surface area contributed by atoms with Crippen molar-refractivity contribution in [1.82, 2.24) is 0 Å². The molecule has 118 valence electrons. The Hall–Kier alpha value is -0.780. The van der Waals surface area contributed by atoms with Gasteiger partial charge in [0.15, 0.2) is 15.3 Å². The Kier molecular flexibility index (Phi) is 5.86. The Morgan fingerprint density at radius 1 is 1.20 bits per heavy atom. The number of esters is 1. The largest absolute Gasteiger partial charge is 0.469 e. The van der Waals surface area contributed by atoms with E-state index in [1.165, 1.54) is 0 Å². The molecule has 9 nitrogen and oxygen atoms in total. The van der Waals surface area contributed by atoms with E-state index in [2.05, 4.69) is 4.74 Å². The first-order chi connectivity index (χ1) is 9.24. The van der Waals surface area contributed by atoms with Gasteiger partial charge in [0.1, 0.15) is 24.4 Å². The van der Waals surface area contributed by atoms with E-state index in [1.54, 1.807) is 0 Å². The summed E-state index contributed by atoms with van der Waals surface area (Å²) in [5.41, 5.74) is -1.83. The van der Waals surface area contributed by atoms with Gasteiger partial charge in [-0.15, -0.1) is 0 Å². The lowest BCUT2D eigenvalue weighted by molar-refractivity contribution is -0.207. The van der Waals surface area contributed by atoms with Crippen LogP contribution >= 0.6 is 0 Å². The van der Waals surface area contributed by atoms with Crippen molar-refractivity contribution in [3.8, 4) is 0 Å². The van der Waals surface area contributed by atoms with Crippen LogP contribution in [-0.2, 0) is 24.1 Å². The number of carbonyl (C=O) groups excluding carboxylic acids is 1. The first-order valence-electron chi connectivity index (χ1n) is 5.83. The Labute approximate surface area is 115 Å². The molecule has 0 aliphatic carbocycles. The summed E-state index contributed by atoms with van der Waals surface area (Å²) in [6.45, 7) is -0.728. The fourth-order valence-electron chi connectivity index (χ4n) is 1.81. The van der Waals surface area contributed by atoms with Crippen molar-refractivity contribution in [1.29, 1.82) is 0 Å². The van der Waals surface area contributed by atoms with Gasteiger partial charge < -0.3 is 29.9 Å². The van der Waals surface area contributed by atoms with Crippen LogP contribution < -0.4 is 0 Å². The molecular weight excluding hydrogens is 296 g/mol. The van der Waals surface area contributed by atoms with Crippen LogP contribution in [0.5, 0.6) is 0 Å². The Balaban J connectivity index is 2.84. The maximum absolute atomic E-state index is 12.0. The highest BCUT2D eigenvalue weighted by Gasteiger charge is 2.48. The van der Waals surface area contributed by atoms with Crippen LogP contribution in [-0.4, -0.2) is 84.1 Å². The Bertz CT molecular complexity index is 432. The molecule has 1 aliphatic rings. The molecule has 0 unspecified atom stereocenters. The second kappa shape index (κ2) is 6.78. The zero-order valence-electron chi connectivity index (χ0n) is 10.7. The minimum absolute atomic E-state index is 0.437. The molecule has 0 aromatic carbocycles. The third-order valence-corrected chi connectivity index (χ3v) is 4.89. The maximum atomic E-state index is 12.0. The lowest BCUT2D eigenvalue weighted by atomic mass is 10.0. The molecule has 0 saturated carbocycles. The summed E-state index contributed by atoms with van der Waals surface area (Å²) < 4.78 is 33.1. The van der Waals surface area contributed by atoms with E-state index in [0.717, 1.165) is 7.11 Å². The van der Waals surface area contributed by atoms with E-state index in [-0.39, 0.29) is 0 Å². The number of aliphatic hydroxyl groups excluding tert-OH is 4. The molecule has 4 N–H and O–H groups in total. The van der Waals surface area contributed by atoms with Crippen LogP contribution in [0.25, 0.3) is 0 Å². The fraction of sp³-hybridized carbons (Fsp3) is 0.900. The highest BCUT2D eigenvalue weighted by Crippen LogP contribution is 2.25. The molecule has 0 radical (unpaired) electrons. The fourth-order valence-corrected chi connectivity index (χ4v) is 3.39. The molecule has 1 fully saturated rings. The van der Waals surface area contributed by atoms with E-state index >= 15 is 0 Å². The third kappa shape index (κ3) is 3.65. The topological polar surface area (TPSA) is 151 Å². The van der Waals surface area contributed by atoms with Gasteiger partial charge in [0, 0.05) is 0 Å². The number of hydrogen-bond donors (Lipinski definition) is 4. The Morgan fingerprint density at radius 2 is 1.80 bits per heavy atom. The monoisotopic (exact) mass is 314 g/mol. The van der Waals surface area contributed by atoms with Gasteiger partial charge in [-0.1, -0.05) is 0 Å². The van der Waals surface area contributed by atoms with Gasteiger partial charge in [-0.05, 0) is 0 Å². The van der Waals surface area contributed by atoms with Crippen molar-refractivity contribution in [2.45, 2.75) is 36.3 Å². The summed E-state index contributed by atoms with van der Waals surface area (Å²) >= 11 is 0. The summed E-state index contributed by atoms with van der Waals surface area (Å²) in [6, 6.07) is 0. The second-order valence-corrected chi connectivity index (χ2v) is 6.59. The van der Waals surface area contributed by atoms with Crippen LogP contribution in [0.15, 0.2) is 0 Å². The number of aliphatic hydroxyl groups is 4. The normalized spacial score (nSPS) is 34.8. The van der Waals surface area contributed by atoms with Crippen LogP contribution in [0.1, 0.15) is 6.42 Å². The van der Waals surface area contributed by atoms with Crippen molar-refractivity contribution in [3.63, 3.8) is 0 Å². The van der Waals surface area contributed by atoms with Crippen LogP contribution in [0.2, 0.25) is 0 Å². The second-order valence-electron chi connectivity index (χ2n) is 4.39. The van der Waals surface area contributed by atoms with Gasteiger partial charge in [0.25, 0.3) is 0 Å². The molecule has 0 aromatic heterocycles. The smallest absolute Gasteiger partial charge is 0.306 e. The van der Waals surface area contributed by atoms with E-state index in [4.69, 9.17) is 9.84 Å². The molecule has 20 heavy (non-hydrogen) atoms. The zero-order chi connectivity index (χ0) is 15.5. The van der Waals surface area contributed by atoms with Gasteiger partial charge in [0.2, 0.25) is 0 Å². The van der Waals surface area contributed by atoms with Gasteiger partial charge >= 0.3 is 5.97 Å². The van der Waals surface area contributed by atoms with Crippen LogP contribution in [0.4, 0.5) is 0 Å². The van der Waals surface area contributed by atoms with E-state index < -0.39 is 64.4 Å². The third-order valence-electron chi connectivity index (χ3n) is 3.02. The average molecular weight is 314 g/mol. The Morgan fingerprint density at radius 3 is 2.30 bits per heavy atom. The molecular formula is C10H18O9S.